The van der Waals surface area contributed by atoms with Gasteiger partial charge >= 0.3 is 0 Å². The van der Waals surface area contributed by atoms with Crippen molar-refractivity contribution in [3.05, 3.63) is 88.3 Å². The van der Waals surface area contributed by atoms with Gasteiger partial charge in [0.05, 0.1) is 10.4 Å². The molecule has 2 aromatic carbocycles. The highest BCUT2D eigenvalue weighted by molar-refractivity contribution is 8.00. The van der Waals surface area contributed by atoms with Gasteiger partial charge in [0.15, 0.2) is 5.13 Å². The number of carbonyl (C=O) groups excluding carboxylic acids is 2. The van der Waals surface area contributed by atoms with Gasteiger partial charge in [0.1, 0.15) is 0 Å². The zero-order valence-electron chi connectivity index (χ0n) is 26.8. The Morgan fingerprint density at radius 2 is 1.70 bits per heavy atom. The first-order chi connectivity index (χ1) is 20.3. The summed E-state index contributed by atoms with van der Waals surface area (Å²) in [5.74, 6) is 1.29. The van der Waals surface area contributed by atoms with E-state index >= 15 is 0 Å². The third kappa shape index (κ3) is 8.73. The molecule has 2 amide bonds. The van der Waals surface area contributed by atoms with Crippen molar-refractivity contribution < 1.29 is 9.59 Å². The van der Waals surface area contributed by atoms with Crippen LogP contribution in [0, 0.1) is 25.2 Å². The average Bonchev–Trinajstić information content (AvgIpc) is 3.42. The lowest BCUT2D eigenvalue weighted by atomic mass is 9.79. The standard InChI is InChI=1S/C35H46N4O2S2/c1-23(2)38-15-17-39(18-16-38)33(41)30-20-28(19-24(3)26(30)5)22-42-31-21-36-34(43-31)37-32(40)29-13-11-27(12-14-29)10-9-25(4)35(6,7)8/h11-14,19-21,25H,1,9-10,15-18,22H2,2-8H3,(H,36,37,40). The molecule has 0 saturated carbocycles. The molecular weight excluding hydrogens is 573 g/mol. The highest BCUT2D eigenvalue weighted by atomic mass is 32.2. The van der Waals surface area contributed by atoms with Gasteiger partial charge < -0.3 is 9.80 Å². The van der Waals surface area contributed by atoms with Crippen LogP contribution in [0.5, 0.6) is 0 Å². The number of carbonyl (C=O) groups is 2. The number of thioether (sulfide) groups is 1. The van der Waals surface area contributed by atoms with E-state index in [0.717, 1.165) is 63.8 Å². The number of hydrogen-bond donors (Lipinski definition) is 1. The first-order valence-electron chi connectivity index (χ1n) is 15.1. The molecule has 1 aliphatic rings. The highest BCUT2D eigenvalue weighted by Gasteiger charge is 2.24. The molecule has 3 aromatic rings. The molecule has 1 fully saturated rings. The van der Waals surface area contributed by atoms with Gasteiger partial charge in [-0.1, -0.05) is 63.8 Å². The van der Waals surface area contributed by atoms with Crippen molar-refractivity contribution >= 4 is 40.0 Å². The second-order valence-corrected chi connectivity index (χ2v) is 15.1. The van der Waals surface area contributed by atoms with E-state index in [0.29, 0.717) is 35.1 Å². The minimum atomic E-state index is -0.151. The second kappa shape index (κ2) is 14.1. The maximum atomic E-state index is 13.4. The number of anilines is 1. The molecule has 0 radical (unpaired) electrons. The molecule has 230 valence electrons. The van der Waals surface area contributed by atoms with Crippen molar-refractivity contribution in [2.75, 3.05) is 31.5 Å². The van der Waals surface area contributed by atoms with Gasteiger partial charge in [0.2, 0.25) is 0 Å². The fraction of sp³-hybridized carbons (Fsp3) is 0.457. The van der Waals surface area contributed by atoms with E-state index in [1.54, 1.807) is 18.0 Å². The van der Waals surface area contributed by atoms with Crippen molar-refractivity contribution in [3.63, 3.8) is 0 Å². The van der Waals surface area contributed by atoms with Crippen molar-refractivity contribution in [3.8, 4) is 0 Å². The molecule has 43 heavy (non-hydrogen) atoms. The van der Waals surface area contributed by atoms with E-state index in [1.165, 1.54) is 16.9 Å². The number of rotatable bonds is 10. The molecule has 0 aliphatic carbocycles. The van der Waals surface area contributed by atoms with Crippen molar-refractivity contribution in [2.45, 2.75) is 71.3 Å². The Labute approximate surface area is 266 Å². The largest absolute Gasteiger partial charge is 0.372 e. The number of thiazole rings is 1. The predicted molar refractivity (Wildman–Crippen MR) is 181 cm³/mol. The van der Waals surface area contributed by atoms with E-state index in [2.05, 4.69) is 74.6 Å². The monoisotopic (exact) mass is 618 g/mol. The van der Waals surface area contributed by atoms with Gasteiger partial charge in [-0.15, -0.1) is 11.8 Å². The van der Waals surface area contributed by atoms with E-state index in [1.807, 2.05) is 36.9 Å². The third-order valence-electron chi connectivity index (χ3n) is 8.71. The molecule has 0 bridgehead atoms. The van der Waals surface area contributed by atoms with Gasteiger partial charge in [-0.25, -0.2) is 4.98 Å². The van der Waals surface area contributed by atoms with Crippen LogP contribution in [0.4, 0.5) is 5.13 Å². The Morgan fingerprint density at radius 3 is 2.33 bits per heavy atom. The van der Waals surface area contributed by atoms with E-state index < -0.39 is 0 Å². The van der Waals surface area contributed by atoms with Crippen LogP contribution < -0.4 is 5.32 Å². The maximum absolute atomic E-state index is 13.4. The van der Waals surface area contributed by atoms with Crippen LogP contribution in [0.25, 0.3) is 0 Å². The fourth-order valence-electron chi connectivity index (χ4n) is 5.05. The van der Waals surface area contributed by atoms with Crippen molar-refractivity contribution in [1.82, 2.24) is 14.8 Å². The SMILES string of the molecule is C=C(C)N1CCN(C(=O)c2cc(CSc3cnc(NC(=O)c4ccc(CCC(C)C(C)(C)C)cc4)s3)cc(C)c2C)CC1. The number of nitrogens with one attached hydrogen (secondary N) is 1. The third-order valence-corrected chi connectivity index (χ3v) is 10.9. The molecule has 6 nitrogen and oxygen atoms in total. The van der Waals surface area contributed by atoms with E-state index in [9.17, 15) is 9.59 Å². The number of aryl methyl sites for hydroxylation is 2. The topological polar surface area (TPSA) is 65.5 Å². The number of piperazine rings is 1. The van der Waals surface area contributed by atoms with Crippen LogP contribution in [0.15, 0.2) is 59.1 Å². The maximum Gasteiger partial charge on any atom is 0.257 e. The Morgan fingerprint density at radius 1 is 1.05 bits per heavy atom. The summed E-state index contributed by atoms with van der Waals surface area (Å²) in [5.41, 5.74) is 7.28. The summed E-state index contributed by atoms with van der Waals surface area (Å²) >= 11 is 3.13. The molecule has 1 atom stereocenters. The molecule has 1 saturated heterocycles. The molecule has 1 N–H and O–H groups in total. The number of allylic oxidation sites excluding steroid dienone is 1. The summed E-state index contributed by atoms with van der Waals surface area (Å²) < 4.78 is 1.01. The fourth-order valence-corrected chi connectivity index (χ4v) is 6.84. The number of hydrogen-bond acceptors (Lipinski definition) is 6. The molecule has 1 aromatic heterocycles. The normalized spacial score (nSPS) is 14.5. The molecule has 2 heterocycles. The van der Waals surface area contributed by atoms with Gasteiger partial charge in [0.25, 0.3) is 11.8 Å². The van der Waals surface area contributed by atoms with Crippen LogP contribution in [0.2, 0.25) is 0 Å². The molecule has 1 aliphatic heterocycles. The number of nitrogens with zero attached hydrogens (tertiary/aromatic N) is 3. The van der Waals surface area contributed by atoms with Crippen LogP contribution >= 0.6 is 23.1 Å². The first kappa shape index (κ1) is 32.8. The lowest BCUT2D eigenvalue weighted by molar-refractivity contribution is 0.0669. The predicted octanol–water partition coefficient (Wildman–Crippen LogP) is 8.21. The molecular formula is C35H46N4O2S2. The molecule has 4 rings (SSSR count). The molecule has 0 spiro atoms. The van der Waals surface area contributed by atoms with Gasteiger partial charge in [0, 0.05) is 48.8 Å². The molecule has 8 heteroatoms. The van der Waals surface area contributed by atoms with Crippen molar-refractivity contribution in [1.29, 1.82) is 0 Å². The summed E-state index contributed by atoms with van der Waals surface area (Å²) in [4.78, 5) is 34.9. The average molecular weight is 619 g/mol. The smallest absolute Gasteiger partial charge is 0.257 e. The number of benzene rings is 2. The minimum absolute atomic E-state index is 0.101. The Kier molecular flexibility index (Phi) is 10.8. The second-order valence-electron chi connectivity index (χ2n) is 12.8. The Bertz CT molecular complexity index is 1450. The number of amides is 2. The van der Waals surface area contributed by atoms with Crippen LogP contribution in [0.3, 0.4) is 0 Å². The first-order valence-corrected chi connectivity index (χ1v) is 16.9. The summed E-state index contributed by atoms with van der Waals surface area (Å²) in [6, 6.07) is 12.1. The highest BCUT2D eigenvalue weighted by Crippen LogP contribution is 2.32. The van der Waals surface area contributed by atoms with E-state index in [-0.39, 0.29) is 11.8 Å². The van der Waals surface area contributed by atoms with E-state index in [4.69, 9.17) is 0 Å². The zero-order chi connectivity index (χ0) is 31.3. The lowest BCUT2D eigenvalue weighted by Crippen LogP contribution is -2.48. The van der Waals surface area contributed by atoms with Crippen LogP contribution in [-0.2, 0) is 12.2 Å². The minimum Gasteiger partial charge on any atom is -0.372 e. The van der Waals surface area contributed by atoms with Crippen molar-refractivity contribution in [2.24, 2.45) is 11.3 Å². The van der Waals surface area contributed by atoms with Gasteiger partial charge in [-0.05, 0) is 85.4 Å². The zero-order valence-corrected chi connectivity index (χ0v) is 28.4. The lowest BCUT2D eigenvalue weighted by Gasteiger charge is -2.36. The van der Waals surface area contributed by atoms with Crippen LogP contribution in [-0.4, -0.2) is 52.8 Å². The summed E-state index contributed by atoms with van der Waals surface area (Å²) in [5, 5.41) is 3.53. The Hall–Kier alpha value is -3.10. The summed E-state index contributed by atoms with van der Waals surface area (Å²) in [6.45, 7) is 22.4. The molecule has 1 unspecified atom stereocenters. The van der Waals surface area contributed by atoms with Gasteiger partial charge in [-0.2, -0.15) is 0 Å². The number of aromatic nitrogens is 1. The summed E-state index contributed by atoms with van der Waals surface area (Å²) in [6.07, 6.45) is 3.94. The Balaban J connectivity index is 1.32. The quantitative estimate of drug-likeness (QED) is 0.232. The summed E-state index contributed by atoms with van der Waals surface area (Å²) in [7, 11) is 0. The van der Waals surface area contributed by atoms with Crippen LogP contribution in [0.1, 0.15) is 84.0 Å². The van der Waals surface area contributed by atoms with Gasteiger partial charge in [-0.3, -0.25) is 14.9 Å².